The minimum atomic E-state index is 1.32. The molecular formula is C23H16. The van der Waals surface area contributed by atoms with Gasteiger partial charge in [0.15, 0.2) is 0 Å². The molecule has 0 aliphatic carbocycles. The fraction of sp³-hybridized carbons (Fsp3) is 0.0435. The third kappa shape index (κ3) is 1.66. The highest BCUT2D eigenvalue weighted by Gasteiger charge is 2.12. The van der Waals surface area contributed by atoms with Crippen LogP contribution in [-0.4, -0.2) is 0 Å². The summed E-state index contributed by atoms with van der Waals surface area (Å²) in [5.74, 6) is 0. The second-order valence-corrected chi connectivity index (χ2v) is 6.26. The smallest absolute Gasteiger partial charge is 0.00177 e. The highest BCUT2D eigenvalue weighted by atomic mass is 14.2. The summed E-state index contributed by atoms with van der Waals surface area (Å²) < 4.78 is 0. The van der Waals surface area contributed by atoms with E-state index in [0.717, 1.165) is 0 Å². The quantitative estimate of drug-likeness (QED) is 0.282. The van der Waals surface area contributed by atoms with Crippen LogP contribution in [0.15, 0.2) is 78.9 Å². The maximum Gasteiger partial charge on any atom is -0.00177 e. The van der Waals surface area contributed by atoms with Gasteiger partial charge in [0, 0.05) is 0 Å². The molecule has 0 heterocycles. The molecule has 0 N–H and O–H groups in total. The molecule has 23 heavy (non-hydrogen) atoms. The summed E-state index contributed by atoms with van der Waals surface area (Å²) in [7, 11) is 0. The lowest BCUT2D eigenvalue weighted by Crippen LogP contribution is -1.88. The zero-order valence-electron chi connectivity index (χ0n) is 13.0. The molecule has 0 unspecified atom stereocenters. The SMILES string of the molecule is Cc1cc2ccccc2c2c3ccccc3c3ccccc3c12. The lowest BCUT2D eigenvalue weighted by molar-refractivity contribution is 1.57. The van der Waals surface area contributed by atoms with Gasteiger partial charge in [-0.05, 0) is 55.6 Å². The normalized spacial score (nSPS) is 11.7. The molecule has 5 rings (SSSR count). The summed E-state index contributed by atoms with van der Waals surface area (Å²) in [4.78, 5) is 0. The lowest BCUT2D eigenvalue weighted by atomic mass is 9.89. The van der Waals surface area contributed by atoms with E-state index in [9.17, 15) is 0 Å². The van der Waals surface area contributed by atoms with Crippen LogP contribution in [0.2, 0.25) is 0 Å². The molecule has 0 radical (unpaired) electrons. The van der Waals surface area contributed by atoms with Crippen molar-refractivity contribution in [2.75, 3.05) is 0 Å². The third-order valence-corrected chi connectivity index (χ3v) is 4.93. The first-order valence-corrected chi connectivity index (χ1v) is 8.06. The van der Waals surface area contributed by atoms with Gasteiger partial charge in [-0.3, -0.25) is 0 Å². The minimum absolute atomic E-state index is 1.32. The van der Waals surface area contributed by atoms with E-state index < -0.39 is 0 Å². The van der Waals surface area contributed by atoms with Crippen LogP contribution in [-0.2, 0) is 0 Å². The number of benzene rings is 5. The van der Waals surface area contributed by atoms with E-state index in [4.69, 9.17) is 0 Å². The number of hydrogen-bond donors (Lipinski definition) is 0. The molecule has 0 atom stereocenters. The van der Waals surface area contributed by atoms with Gasteiger partial charge in [0.1, 0.15) is 0 Å². The lowest BCUT2D eigenvalue weighted by Gasteiger charge is -2.14. The standard InChI is InChI=1S/C23H16/c1-15-14-16-8-2-3-9-17(16)23-21-13-7-5-11-19(21)18-10-4-6-12-20(18)22(15)23/h2-14H,1H3. The Labute approximate surface area is 135 Å². The molecule has 0 amide bonds. The third-order valence-electron chi connectivity index (χ3n) is 4.93. The largest absolute Gasteiger partial charge is 0.0616 e. The topological polar surface area (TPSA) is 0 Å². The molecular weight excluding hydrogens is 276 g/mol. The highest BCUT2D eigenvalue weighted by molar-refractivity contribution is 6.32. The molecule has 0 heteroatoms. The Kier molecular flexibility index (Phi) is 2.51. The zero-order valence-corrected chi connectivity index (χ0v) is 13.0. The molecule has 0 aliphatic rings. The van der Waals surface area contributed by atoms with Crippen molar-refractivity contribution in [1.29, 1.82) is 0 Å². The van der Waals surface area contributed by atoms with Crippen LogP contribution < -0.4 is 0 Å². The Hall–Kier alpha value is -2.86. The maximum absolute atomic E-state index is 2.32. The highest BCUT2D eigenvalue weighted by Crippen LogP contribution is 2.40. The summed E-state index contributed by atoms with van der Waals surface area (Å²) >= 11 is 0. The first kappa shape index (κ1) is 12.7. The van der Waals surface area contributed by atoms with E-state index in [1.165, 1.54) is 48.7 Å². The fourth-order valence-corrected chi connectivity index (χ4v) is 3.99. The van der Waals surface area contributed by atoms with Crippen LogP contribution in [0.25, 0.3) is 43.1 Å². The van der Waals surface area contributed by atoms with Crippen molar-refractivity contribution in [1.82, 2.24) is 0 Å². The van der Waals surface area contributed by atoms with Crippen molar-refractivity contribution in [3.05, 3.63) is 84.4 Å². The van der Waals surface area contributed by atoms with Crippen LogP contribution in [0.4, 0.5) is 0 Å². The first-order valence-electron chi connectivity index (χ1n) is 8.06. The Bertz CT molecular complexity index is 1210. The number of fused-ring (bicyclic) bond motifs is 8. The van der Waals surface area contributed by atoms with Crippen LogP contribution in [0.3, 0.4) is 0 Å². The van der Waals surface area contributed by atoms with Gasteiger partial charge in [-0.15, -0.1) is 0 Å². The van der Waals surface area contributed by atoms with Gasteiger partial charge in [0.05, 0.1) is 0 Å². The fourth-order valence-electron chi connectivity index (χ4n) is 3.99. The summed E-state index contributed by atoms with van der Waals surface area (Å²) in [6, 6.07) is 28.6. The minimum Gasteiger partial charge on any atom is -0.0616 e. The van der Waals surface area contributed by atoms with E-state index in [-0.39, 0.29) is 0 Å². The molecule has 108 valence electrons. The molecule has 0 aromatic heterocycles. The van der Waals surface area contributed by atoms with Crippen molar-refractivity contribution in [2.24, 2.45) is 0 Å². The van der Waals surface area contributed by atoms with Gasteiger partial charge < -0.3 is 0 Å². The Balaban J connectivity index is 2.27. The van der Waals surface area contributed by atoms with Gasteiger partial charge in [-0.25, -0.2) is 0 Å². The number of rotatable bonds is 0. The average molecular weight is 292 g/mol. The molecule has 0 aliphatic heterocycles. The predicted octanol–water partition coefficient (Wildman–Crippen LogP) is 6.61. The maximum atomic E-state index is 2.32. The molecule has 0 bridgehead atoms. The molecule has 0 spiro atoms. The van der Waals surface area contributed by atoms with Crippen molar-refractivity contribution in [3.8, 4) is 0 Å². The van der Waals surface area contributed by atoms with E-state index in [0.29, 0.717) is 0 Å². The summed E-state index contributed by atoms with van der Waals surface area (Å²) in [6.45, 7) is 2.23. The van der Waals surface area contributed by atoms with Crippen molar-refractivity contribution < 1.29 is 0 Å². The number of hydrogen-bond acceptors (Lipinski definition) is 0. The second-order valence-electron chi connectivity index (χ2n) is 6.26. The molecule has 5 aromatic carbocycles. The molecule has 5 aromatic rings. The Morgan fingerprint density at radius 2 is 0.957 bits per heavy atom. The summed E-state index contributed by atoms with van der Waals surface area (Å²) in [5, 5.41) is 10.8. The van der Waals surface area contributed by atoms with E-state index >= 15 is 0 Å². The molecule has 0 saturated heterocycles. The van der Waals surface area contributed by atoms with Crippen molar-refractivity contribution >= 4 is 43.1 Å². The van der Waals surface area contributed by atoms with Gasteiger partial charge in [0.2, 0.25) is 0 Å². The van der Waals surface area contributed by atoms with Crippen LogP contribution in [0.5, 0.6) is 0 Å². The van der Waals surface area contributed by atoms with Crippen LogP contribution >= 0.6 is 0 Å². The first-order chi connectivity index (χ1) is 11.3. The van der Waals surface area contributed by atoms with E-state index in [1.807, 2.05) is 0 Å². The molecule has 0 fully saturated rings. The van der Waals surface area contributed by atoms with Crippen LogP contribution in [0.1, 0.15) is 5.56 Å². The molecule has 0 saturated carbocycles. The van der Waals surface area contributed by atoms with Gasteiger partial charge in [-0.1, -0.05) is 78.9 Å². The van der Waals surface area contributed by atoms with Crippen molar-refractivity contribution in [3.63, 3.8) is 0 Å². The van der Waals surface area contributed by atoms with Gasteiger partial charge in [-0.2, -0.15) is 0 Å². The van der Waals surface area contributed by atoms with Crippen LogP contribution in [0, 0.1) is 6.92 Å². The summed E-state index contributed by atoms with van der Waals surface area (Å²) in [5.41, 5.74) is 1.35. The monoisotopic (exact) mass is 292 g/mol. The Morgan fingerprint density at radius 3 is 1.61 bits per heavy atom. The van der Waals surface area contributed by atoms with E-state index in [2.05, 4.69) is 85.8 Å². The van der Waals surface area contributed by atoms with Crippen molar-refractivity contribution in [2.45, 2.75) is 6.92 Å². The van der Waals surface area contributed by atoms with Gasteiger partial charge in [0.25, 0.3) is 0 Å². The van der Waals surface area contributed by atoms with Gasteiger partial charge >= 0.3 is 0 Å². The molecule has 0 nitrogen and oxygen atoms in total. The average Bonchev–Trinajstić information content (AvgIpc) is 2.61. The second kappa shape index (κ2) is 4.57. The zero-order chi connectivity index (χ0) is 15.4. The predicted molar refractivity (Wildman–Crippen MR) is 101 cm³/mol. The Morgan fingerprint density at radius 1 is 0.478 bits per heavy atom. The van der Waals surface area contributed by atoms with E-state index in [1.54, 1.807) is 0 Å². The summed E-state index contributed by atoms with van der Waals surface area (Å²) in [6.07, 6.45) is 0. The number of aryl methyl sites for hydroxylation is 1.